The van der Waals surface area contributed by atoms with Gasteiger partial charge in [-0.3, -0.25) is 9.36 Å². The molecule has 0 saturated heterocycles. The molecule has 0 aliphatic rings. The van der Waals surface area contributed by atoms with Gasteiger partial charge in [-0.05, 0) is 41.8 Å². The fraction of sp³-hybridized carbons (Fsp3) is 0.346. The molecule has 2 heterocycles. The normalized spacial score (nSPS) is 12.9. The average molecular weight is 578 g/mol. The minimum Gasteiger partial charge on any atom is -0.382 e. The highest BCUT2D eigenvalue weighted by atomic mass is 35.5. The quantitative estimate of drug-likeness (QED) is 0.330. The fourth-order valence-corrected chi connectivity index (χ4v) is 3.85. The lowest BCUT2D eigenvalue weighted by molar-refractivity contribution is -0.207. The van der Waals surface area contributed by atoms with Crippen LogP contribution in [0.25, 0.3) is 17.1 Å². The number of amides is 1. The van der Waals surface area contributed by atoms with Gasteiger partial charge in [0.2, 0.25) is 0 Å². The average Bonchev–Trinajstić information content (AvgIpc) is 3.47. The lowest BCUT2D eigenvalue weighted by atomic mass is 9.97. The number of benzene rings is 2. The molecule has 4 aromatic rings. The van der Waals surface area contributed by atoms with Gasteiger partial charge in [-0.2, -0.15) is 13.2 Å². The second-order valence-electron chi connectivity index (χ2n) is 10.3. The Hall–Kier alpha value is -3.97. The van der Waals surface area contributed by atoms with Crippen molar-refractivity contribution in [1.29, 1.82) is 0 Å². The summed E-state index contributed by atoms with van der Waals surface area (Å²) in [5, 5.41) is 21.5. The molecule has 4 rings (SSSR count). The van der Waals surface area contributed by atoms with Crippen molar-refractivity contribution in [3.05, 3.63) is 81.8 Å². The first-order valence-corrected chi connectivity index (χ1v) is 12.6. The molecule has 0 saturated carbocycles. The summed E-state index contributed by atoms with van der Waals surface area (Å²) >= 11 is 5.92. The van der Waals surface area contributed by atoms with Gasteiger partial charge >= 0.3 is 11.9 Å². The predicted molar refractivity (Wildman–Crippen MR) is 141 cm³/mol. The molecule has 14 heteroatoms. The Bertz CT molecular complexity index is 1550. The first-order chi connectivity index (χ1) is 18.7. The third kappa shape index (κ3) is 6.77. The van der Waals surface area contributed by atoms with Gasteiger partial charge in [0.1, 0.15) is 12.9 Å². The number of alkyl halides is 3. The number of nitrogens with zero attached hydrogens (tertiary/aromatic N) is 6. The number of carbonyl (C=O) groups is 1. The highest BCUT2D eigenvalue weighted by Crippen LogP contribution is 2.24. The Morgan fingerprint density at radius 2 is 1.75 bits per heavy atom. The maximum Gasteiger partial charge on any atom is 0.416 e. The molecule has 2 aromatic heterocycles. The molecular formula is C26H27ClF3N7O3. The van der Waals surface area contributed by atoms with E-state index < -0.39 is 24.5 Å². The maximum absolute atomic E-state index is 13.1. The summed E-state index contributed by atoms with van der Waals surface area (Å²) < 4.78 is 42.3. The van der Waals surface area contributed by atoms with Crippen LogP contribution in [0.5, 0.6) is 0 Å². The third-order valence-electron chi connectivity index (χ3n) is 5.76. The molecule has 1 atom stereocenters. The largest absolute Gasteiger partial charge is 0.416 e. The van der Waals surface area contributed by atoms with Crippen molar-refractivity contribution in [3.63, 3.8) is 0 Å². The van der Waals surface area contributed by atoms with E-state index in [-0.39, 0.29) is 29.5 Å². The maximum atomic E-state index is 13.1. The van der Waals surface area contributed by atoms with Crippen molar-refractivity contribution in [2.75, 3.05) is 6.54 Å². The minimum atomic E-state index is -4.94. The van der Waals surface area contributed by atoms with E-state index in [4.69, 9.17) is 11.6 Å². The van der Waals surface area contributed by atoms with Gasteiger partial charge in [-0.1, -0.05) is 44.5 Å². The highest BCUT2D eigenvalue weighted by Gasteiger charge is 2.39. The van der Waals surface area contributed by atoms with Gasteiger partial charge in [-0.15, -0.1) is 10.2 Å². The lowest BCUT2D eigenvalue weighted by Crippen LogP contribution is -2.37. The summed E-state index contributed by atoms with van der Waals surface area (Å²) in [6.45, 7) is 5.10. The van der Waals surface area contributed by atoms with Gasteiger partial charge < -0.3 is 10.4 Å². The van der Waals surface area contributed by atoms with Crippen LogP contribution >= 0.6 is 11.6 Å². The number of hydrogen-bond donors (Lipinski definition) is 2. The molecule has 0 unspecified atom stereocenters. The second kappa shape index (κ2) is 11.3. The molecule has 1 amide bonds. The minimum absolute atomic E-state index is 0.0923. The lowest BCUT2D eigenvalue weighted by Gasteiger charge is -2.19. The van der Waals surface area contributed by atoms with Crippen molar-refractivity contribution < 1.29 is 23.1 Å². The predicted octanol–water partition coefficient (Wildman–Crippen LogP) is 3.69. The Kier molecular flexibility index (Phi) is 8.17. The summed E-state index contributed by atoms with van der Waals surface area (Å²) in [5.41, 5.74) is 0.106. The van der Waals surface area contributed by atoms with Crippen LogP contribution in [0.3, 0.4) is 0 Å². The van der Waals surface area contributed by atoms with Crippen LogP contribution in [0.15, 0.2) is 59.7 Å². The van der Waals surface area contributed by atoms with E-state index in [0.717, 1.165) is 9.25 Å². The van der Waals surface area contributed by atoms with E-state index in [1.165, 1.54) is 35.3 Å². The van der Waals surface area contributed by atoms with Gasteiger partial charge in [-0.25, -0.2) is 19.1 Å². The first kappa shape index (κ1) is 29.0. The summed E-state index contributed by atoms with van der Waals surface area (Å²) in [5.74, 6) is -0.269. The number of nitrogens with one attached hydrogen (secondary N) is 1. The monoisotopic (exact) mass is 577 g/mol. The second-order valence-corrected chi connectivity index (χ2v) is 10.7. The summed E-state index contributed by atoms with van der Waals surface area (Å²) in [4.78, 5) is 30.2. The van der Waals surface area contributed by atoms with Crippen molar-refractivity contribution in [2.45, 2.75) is 46.1 Å². The molecule has 40 heavy (non-hydrogen) atoms. The van der Waals surface area contributed by atoms with Crippen molar-refractivity contribution in [2.24, 2.45) is 5.41 Å². The Morgan fingerprint density at radius 3 is 2.40 bits per heavy atom. The SMILES string of the molecule is CC(C)(C)CNC(=O)c1ccccc1-n1cnc(Cn2nc(-c3ccc(Cl)cc3)n(C[C@H](O)C(F)(F)F)c2=O)n1. The number of carbonyl (C=O) groups excluding carboxylic acids is 1. The van der Waals surface area contributed by atoms with E-state index in [0.29, 0.717) is 28.4 Å². The van der Waals surface area contributed by atoms with E-state index >= 15 is 0 Å². The molecule has 0 fully saturated rings. The number of hydrogen-bond acceptors (Lipinski definition) is 6. The van der Waals surface area contributed by atoms with Crippen LogP contribution in [0.2, 0.25) is 5.02 Å². The summed E-state index contributed by atoms with van der Waals surface area (Å²) in [6.07, 6.45) is -6.36. The Morgan fingerprint density at radius 1 is 1.07 bits per heavy atom. The van der Waals surface area contributed by atoms with Crippen LogP contribution in [-0.4, -0.2) is 59.0 Å². The van der Waals surface area contributed by atoms with Crippen molar-refractivity contribution >= 4 is 17.5 Å². The molecule has 2 aromatic carbocycles. The molecule has 0 radical (unpaired) electrons. The van der Waals surface area contributed by atoms with Crippen LogP contribution < -0.4 is 11.0 Å². The zero-order valence-corrected chi connectivity index (χ0v) is 22.6. The fourth-order valence-electron chi connectivity index (χ4n) is 3.72. The molecular weight excluding hydrogens is 551 g/mol. The van der Waals surface area contributed by atoms with Crippen LogP contribution in [0.4, 0.5) is 13.2 Å². The molecule has 0 aliphatic heterocycles. The van der Waals surface area contributed by atoms with E-state index in [2.05, 4.69) is 20.5 Å². The standard InChI is InChI=1S/C26H27ClF3N7O3/c1-25(2,3)14-31-23(39)18-6-4-5-7-19(18)37-15-32-21(33-37)13-36-24(40)35(12-20(38)26(28,29)30)22(34-36)16-8-10-17(27)11-9-16/h4-11,15,20,38H,12-14H2,1-3H3,(H,31,39)/t20-/m0/s1. The Balaban J connectivity index is 1.65. The number of aliphatic hydroxyl groups is 1. The summed E-state index contributed by atoms with van der Waals surface area (Å²) in [7, 11) is 0. The van der Waals surface area contributed by atoms with Gasteiger partial charge in [0, 0.05) is 17.1 Å². The van der Waals surface area contributed by atoms with Crippen LogP contribution in [-0.2, 0) is 13.1 Å². The molecule has 0 spiro atoms. The Labute approximate surface area is 232 Å². The molecule has 0 aliphatic carbocycles. The zero-order valence-electron chi connectivity index (χ0n) is 21.9. The molecule has 212 valence electrons. The van der Waals surface area contributed by atoms with Gasteiger partial charge in [0.25, 0.3) is 5.91 Å². The van der Waals surface area contributed by atoms with Crippen molar-refractivity contribution in [3.8, 4) is 17.1 Å². The highest BCUT2D eigenvalue weighted by molar-refractivity contribution is 6.30. The first-order valence-electron chi connectivity index (χ1n) is 12.2. The number of rotatable bonds is 8. The number of para-hydroxylation sites is 1. The zero-order chi connectivity index (χ0) is 29.2. The number of aliphatic hydroxyl groups excluding tert-OH is 1. The molecule has 2 N–H and O–H groups in total. The van der Waals surface area contributed by atoms with Crippen molar-refractivity contribution in [1.82, 2.24) is 34.4 Å². The topological polar surface area (TPSA) is 120 Å². The van der Waals surface area contributed by atoms with Gasteiger partial charge in [0.15, 0.2) is 17.8 Å². The van der Waals surface area contributed by atoms with E-state index in [1.54, 1.807) is 24.3 Å². The smallest absolute Gasteiger partial charge is 0.382 e. The third-order valence-corrected chi connectivity index (χ3v) is 6.02. The van der Waals surface area contributed by atoms with Crippen LogP contribution in [0, 0.1) is 5.41 Å². The van der Waals surface area contributed by atoms with Gasteiger partial charge in [0.05, 0.1) is 17.8 Å². The van der Waals surface area contributed by atoms with E-state index in [9.17, 15) is 27.9 Å². The summed E-state index contributed by atoms with van der Waals surface area (Å²) in [6, 6.07) is 12.8. The molecule has 10 nitrogen and oxygen atoms in total. The number of halogens is 4. The van der Waals surface area contributed by atoms with E-state index in [1.807, 2.05) is 20.8 Å². The number of aromatic nitrogens is 6. The van der Waals surface area contributed by atoms with Crippen LogP contribution in [0.1, 0.15) is 37.0 Å². The molecule has 0 bridgehead atoms.